The first-order chi connectivity index (χ1) is 10.1. The number of aliphatic carboxylic acids is 1. The van der Waals surface area contributed by atoms with E-state index in [4.69, 9.17) is 19.3 Å². The number of fused-ring (bicyclic) bond motifs is 3. The molecule has 112 valence electrons. The van der Waals surface area contributed by atoms with Crippen LogP contribution in [-0.4, -0.2) is 25.3 Å². The fourth-order valence-electron chi connectivity index (χ4n) is 2.63. The minimum Gasteiger partial charge on any atom is -0.493 e. The number of carboxylic acids is 1. The Labute approximate surface area is 126 Å². The molecule has 5 nitrogen and oxygen atoms in total. The number of benzene rings is 1. The van der Waals surface area contributed by atoms with Gasteiger partial charge in [0.25, 0.3) is 0 Å². The van der Waals surface area contributed by atoms with Crippen LogP contribution in [0.3, 0.4) is 0 Å². The van der Waals surface area contributed by atoms with E-state index in [-0.39, 0.29) is 12.5 Å². The molecule has 0 spiro atoms. The van der Waals surface area contributed by atoms with Gasteiger partial charge in [0.05, 0.1) is 26.9 Å². The maximum absolute atomic E-state index is 10.7. The highest BCUT2D eigenvalue weighted by Crippen LogP contribution is 2.46. The van der Waals surface area contributed by atoms with Crippen LogP contribution in [0.25, 0.3) is 10.1 Å². The minimum atomic E-state index is -0.795. The molecular formula is C15H16O5S. The molecule has 0 amide bonds. The van der Waals surface area contributed by atoms with Gasteiger partial charge in [-0.05, 0) is 12.5 Å². The van der Waals surface area contributed by atoms with Gasteiger partial charge >= 0.3 is 5.97 Å². The predicted octanol–water partition coefficient (Wildman–Crippen LogP) is 3.35. The van der Waals surface area contributed by atoms with E-state index >= 15 is 0 Å². The van der Waals surface area contributed by atoms with Crippen molar-refractivity contribution < 1.29 is 24.1 Å². The van der Waals surface area contributed by atoms with Gasteiger partial charge in [0, 0.05) is 33.0 Å². The van der Waals surface area contributed by atoms with Gasteiger partial charge in [0.2, 0.25) is 0 Å². The molecule has 21 heavy (non-hydrogen) atoms. The summed E-state index contributed by atoms with van der Waals surface area (Å²) in [5.74, 6) is 0.601. The molecule has 1 N–H and O–H groups in total. The Bertz CT molecular complexity index is 691. The predicted molar refractivity (Wildman–Crippen MR) is 79.3 cm³/mol. The second-order valence-electron chi connectivity index (χ2n) is 4.88. The van der Waals surface area contributed by atoms with E-state index in [1.807, 2.05) is 12.1 Å². The number of carboxylic acid groups (broad SMARTS) is 1. The molecule has 0 aliphatic carbocycles. The molecule has 2 aromatic rings. The summed E-state index contributed by atoms with van der Waals surface area (Å²) >= 11 is 1.64. The molecule has 1 aliphatic heterocycles. The SMILES string of the molecule is COc1cc2sc3c(c2cc1OC)COC3CCC(=O)O. The molecule has 0 saturated carbocycles. The molecule has 0 radical (unpaired) electrons. The second kappa shape index (κ2) is 5.54. The van der Waals surface area contributed by atoms with Crippen LogP contribution in [0.1, 0.15) is 29.4 Å². The summed E-state index contributed by atoms with van der Waals surface area (Å²) in [6, 6.07) is 3.93. The van der Waals surface area contributed by atoms with Crippen molar-refractivity contribution >= 4 is 27.4 Å². The van der Waals surface area contributed by atoms with E-state index < -0.39 is 5.97 Å². The van der Waals surface area contributed by atoms with Crippen molar-refractivity contribution in [1.82, 2.24) is 0 Å². The lowest BCUT2D eigenvalue weighted by Gasteiger charge is -2.08. The summed E-state index contributed by atoms with van der Waals surface area (Å²) < 4.78 is 17.5. The lowest BCUT2D eigenvalue weighted by atomic mass is 10.1. The van der Waals surface area contributed by atoms with Crippen molar-refractivity contribution in [3.8, 4) is 11.5 Å². The highest BCUT2D eigenvalue weighted by molar-refractivity contribution is 7.19. The van der Waals surface area contributed by atoms with Crippen LogP contribution in [0, 0.1) is 0 Å². The van der Waals surface area contributed by atoms with Crippen LogP contribution in [-0.2, 0) is 16.1 Å². The Hall–Kier alpha value is -1.79. The summed E-state index contributed by atoms with van der Waals surface area (Å²) in [7, 11) is 3.23. The van der Waals surface area contributed by atoms with Gasteiger partial charge in [-0.1, -0.05) is 0 Å². The zero-order chi connectivity index (χ0) is 15.0. The van der Waals surface area contributed by atoms with E-state index in [1.165, 1.54) is 0 Å². The average molecular weight is 308 g/mol. The quantitative estimate of drug-likeness (QED) is 0.917. The molecule has 3 rings (SSSR count). The average Bonchev–Trinajstić information content (AvgIpc) is 3.02. The maximum atomic E-state index is 10.7. The minimum absolute atomic E-state index is 0.116. The first kappa shape index (κ1) is 14.2. The van der Waals surface area contributed by atoms with Crippen LogP contribution in [0.5, 0.6) is 11.5 Å². The lowest BCUT2D eigenvalue weighted by Crippen LogP contribution is -2.00. The Morgan fingerprint density at radius 1 is 1.38 bits per heavy atom. The van der Waals surface area contributed by atoms with Crippen molar-refractivity contribution in [3.63, 3.8) is 0 Å². The van der Waals surface area contributed by atoms with Crippen LogP contribution >= 0.6 is 11.3 Å². The third-order valence-corrected chi connectivity index (χ3v) is 4.96. The largest absolute Gasteiger partial charge is 0.493 e. The van der Waals surface area contributed by atoms with Crippen molar-refractivity contribution in [1.29, 1.82) is 0 Å². The van der Waals surface area contributed by atoms with E-state index in [2.05, 4.69) is 0 Å². The topological polar surface area (TPSA) is 65.0 Å². The molecule has 1 aromatic heterocycles. The molecule has 0 bridgehead atoms. The number of carbonyl (C=O) groups is 1. The highest BCUT2D eigenvalue weighted by Gasteiger charge is 2.28. The third kappa shape index (κ3) is 2.45. The fourth-order valence-corrected chi connectivity index (χ4v) is 3.94. The van der Waals surface area contributed by atoms with Crippen molar-refractivity contribution in [3.05, 3.63) is 22.6 Å². The van der Waals surface area contributed by atoms with E-state index in [0.29, 0.717) is 24.5 Å². The van der Waals surface area contributed by atoms with Gasteiger partial charge < -0.3 is 19.3 Å². The van der Waals surface area contributed by atoms with Crippen LogP contribution in [0.2, 0.25) is 0 Å². The number of ether oxygens (including phenoxy) is 3. The smallest absolute Gasteiger partial charge is 0.303 e. The Morgan fingerprint density at radius 3 is 2.76 bits per heavy atom. The summed E-state index contributed by atoms with van der Waals surface area (Å²) in [5.41, 5.74) is 1.14. The summed E-state index contributed by atoms with van der Waals surface area (Å²) in [6.45, 7) is 0.523. The summed E-state index contributed by atoms with van der Waals surface area (Å²) in [4.78, 5) is 11.8. The lowest BCUT2D eigenvalue weighted by molar-refractivity contribution is -0.137. The standard InChI is InChI=1S/C15H16O5S/c1-18-11-5-8-9-7-20-10(3-4-14(16)17)15(9)21-13(8)6-12(11)19-2/h5-6,10H,3-4,7H2,1-2H3,(H,16,17). The monoisotopic (exact) mass is 308 g/mol. The van der Waals surface area contributed by atoms with Crippen molar-refractivity contribution in [2.75, 3.05) is 14.2 Å². The van der Waals surface area contributed by atoms with Gasteiger partial charge in [0.15, 0.2) is 11.5 Å². The molecular weight excluding hydrogens is 292 g/mol. The van der Waals surface area contributed by atoms with Crippen LogP contribution in [0.15, 0.2) is 12.1 Å². The zero-order valence-corrected chi connectivity index (χ0v) is 12.7. The molecule has 2 heterocycles. The van der Waals surface area contributed by atoms with E-state index in [1.54, 1.807) is 25.6 Å². The molecule has 1 unspecified atom stereocenters. The Balaban J connectivity index is 2.00. The van der Waals surface area contributed by atoms with E-state index in [0.717, 1.165) is 20.5 Å². The number of rotatable bonds is 5. The van der Waals surface area contributed by atoms with E-state index in [9.17, 15) is 4.79 Å². The van der Waals surface area contributed by atoms with Crippen LogP contribution < -0.4 is 9.47 Å². The fraction of sp³-hybridized carbons (Fsp3) is 0.400. The Morgan fingerprint density at radius 2 is 2.10 bits per heavy atom. The molecule has 1 aliphatic rings. The number of hydrogen-bond acceptors (Lipinski definition) is 5. The summed E-state index contributed by atoms with van der Waals surface area (Å²) in [6.07, 6.45) is 0.500. The molecule has 1 aromatic carbocycles. The molecule has 0 saturated heterocycles. The first-order valence-electron chi connectivity index (χ1n) is 6.64. The van der Waals surface area contributed by atoms with Gasteiger partial charge in [-0.3, -0.25) is 4.79 Å². The van der Waals surface area contributed by atoms with Crippen molar-refractivity contribution in [2.45, 2.75) is 25.6 Å². The number of hydrogen-bond donors (Lipinski definition) is 1. The molecule has 0 fully saturated rings. The summed E-state index contributed by atoms with van der Waals surface area (Å²) in [5, 5.41) is 9.92. The molecule has 1 atom stereocenters. The number of methoxy groups -OCH3 is 2. The zero-order valence-electron chi connectivity index (χ0n) is 11.8. The van der Waals surface area contributed by atoms with Gasteiger partial charge in [-0.15, -0.1) is 11.3 Å². The van der Waals surface area contributed by atoms with Gasteiger partial charge in [-0.2, -0.15) is 0 Å². The normalized spacial score (nSPS) is 17.0. The molecule has 6 heteroatoms. The second-order valence-corrected chi connectivity index (χ2v) is 5.96. The van der Waals surface area contributed by atoms with Crippen LogP contribution in [0.4, 0.5) is 0 Å². The third-order valence-electron chi connectivity index (χ3n) is 3.67. The Kier molecular flexibility index (Phi) is 3.73. The van der Waals surface area contributed by atoms with Crippen molar-refractivity contribution in [2.24, 2.45) is 0 Å². The first-order valence-corrected chi connectivity index (χ1v) is 7.46. The number of thiophene rings is 1. The highest BCUT2D eigenvalue weighted by atomic mass is 32.1. The van der Waals surface area contributed by atoms with Gasteiger partial charge in [0.1, 0.15) is 0 Å². The maximum Gasteiger partial charge on any atom is 0.303 e. The van der Waals surface area contributed by atoms with Gasteiger partial charge in [-0.25, -0.2) is 0 Å².